The van der Waals surface area contributed by atoms with Gasteiger partial charge in [-0.05, 0) is 39.8 Å². The van der Waals surface area contributed by atoms with Gasteiger partial charge in [0.05, 0.1) is 6.04 Å². The van der Waals surface area contributed by atoms with E-state index < -0.39 is 5.60 Å². The summed E-state index contributed by atoms with van der Waals surface area (Å²) < 4.78 is 5.25. The number of nitrogens with zero attached hydrogens (tertiary/aromatic N) is 1. The number of ether oxygens (including phenoxy) is 1. The van der Waals surface area contributed by atoms with Crippen LogP contribution in [0, 0.1) is 0 Å². The topological polar surface area (TPSA) is 55.6 Å². The summed E-state index contributed by atoms with van der Waals surface area (Å²) >= 11 is 0. The molecule has 1 heterocycles. The van der Waals surface area contributed by atoms with Gasteiger partial charge in [-0.2, -0.15) is 0 Å². The Balaban J connectivity index is 2.70. The Morgan fingerprint density at radius 1 is 1.53 bits per heavy atom. The van der Waals surface area contributed by atoms with Crippen LogP contribution in [-0.4, -0.2) is 22.6 Å². The number of carbonyl (C=O) groups excluding carboxylic acids is 1. The average molecular weight is 210 g/mol. The van der Waals surface area contributed by atoms with Crippen LogP contribution >= 0.6 is 0 Å². The average Bonchev–Trinajstić information content (AvgIpc) is 2.06. The van der Waals surface area contributed by atoms with E-state index in [4.69, 9.17) is 10.5 Å². The summed E-state index contributed by atoms with van der Waals surface area (Å²) in [6.45, 7) is 7.37. The van der Waals surface area contributed by atoms with Gasteiger partial charge in [-0.25, -0.2) is 4.79 Å². The van der Waals surface area contributed by atoms with Gasteiger partial charge in [-0.1, -0.05) is 0 Å². The lowest BCUT2D eigenvalue weighted by Crippen LogP contribution is -2.42. The van der Waals surface area contributed by atoms with Crippen LogP contribution in [0.15, 0.2) is 24.0 Å². The zero-order chi connectivity index (χ0) is 11.6. The number of amides is 1. The van der Waals surface area contributed by atoms with Crippen molar-refractivity contribution in [3.05, 3.63) is 24.0 Å². The normalized spacial score (nSPS) is 21.2. The van der Waals surface area contributed by atoms with E-state index in [2.05, 4.69) is 0 Å². The standard InChI is InChI=1S/C11H18N2O2/c1-8-9(12)6-5-7-13(8)10(14)15-11(2,3)4/h5-8H,12H2,1-4H3. The Hall–Kier alpha value is -1.45. The van der Waals surface area contributed by atoms with Crippen LogP contribution in [0.5, 0.6) is 0 Å². The second-order valence-electron chi connectivity index (χ2n) is 4.57. The third-order valence-electron chi connectivity index (χ3n) is 2.04. The quantitative estimate of drug-likeness (QED) is 0.665. The summed E-state index contributed by atoms with van der Waals surface area (Å²) in [6, 6.07) is -0.148. The Morgan fingerprint density at radius 3 is 2.67 bits per heavy atom. The van der Waals surface area contributed by atoms with Crippen molar-refractivity contribution in [1.29, 1.82) is 0 Å². The van der Waals surface area contributed by atoms with E-state index in [1.165, 1.54) is 4.90 Å². The van der Waals surface area contributed by atoms with E-state index in [-0.39, 0.29) is 12.1 Å². The molecule has 1 amide bonds. The number of rotatable bonds is 0. The van der Waals surface area contributed by atoms with Gasteiger partial charge in [-0.15, -0.1) is 0 Å². The lowest BCUT2D eigenvalue weighted by Gasteiger charge is -2.30. The molecule has 1 atom stereocenters. The lowest BCUT2D eigenvalue weighted by molar-refractivity contribution is 0.0297. The van der Waals surface area contributed by atoms with Gasteiger partial charge in [0.25, 0.3) is 0 Å². The van der Waals surface area contributed by atoms with Crippen LogP contribution < -0.4 is 5.73 Å². The highest BCUT2D eigenvalue weighted by atomic mass is 16.6. The van der Waals surface area contributed by atoms with Crippen LogP contribution in [-0.2, 0) is 4.74 Å². The van der Waals surface area contributed by atoms with Crippen molar-refractivity contribution < 1.29 is 9.53 Å². The van der Waals surface area contributed by atoms with Gasteiger partial charge < -0.3 is 10.5 Å². The maximum atomic E-state index is 11.7. The van der Waals surface area contributed by atoms with Crippen molar-refractivity contribution in [1.82, 2.24) is 4.90 Å². The molecule has 0 aromatic heterocycles. The first-order valence-corrected chi connectivity index (χ1v) is 4.96. The molecule has 84 valence electrons. The molecule has 0 aliphatic carbocycles. The van der Waals surface area contributed by atoms with Crippen LogP contribution in [0.4, 0.5) is 4.79 Å². The molecule has 1 aliphatic heterocycles. The van der Waals surface area contributed by atoms with Crippen molar-refractivity contribution in [2.24, 2.45) is 5.73 Å². The zero-order valence-electron chi connectivity index (χ0n) is 9.65. The number of allylic oxidation sites excluding steroid dienone is 2. The second-order valence-corrected chi connectivity index (χ2v) is 4.57. The molecule has 0 aromatic rings. The number of nitrogens with two attached hydrogens (primary N) is 1. The first-order chi connectivity index (χ1) is 6.81. The summed E-state index contributed by atoms with van der Waals surface area (Å²) in [6.07, 6.45) is 4.82. The highest BCUT2D eigenvalue weighted by Gasteiger charge is 2.26. The van der Waals surface area contributed by atoms with Crippen LogP contribution in [0.2, 0.25) is 0 Å². The molecule has 4 heteroatoms. The maximum absolute atomic E-state index is 11.7. The lowest BCUT2D eigenvalue weighted by atomic mass is 10.1. The van der Waals surface area contributed by atoms with Gasteiger partial charge in [0, 0.05) is 11.9 Å². The Labute approximate surface area is 90.4 Å². The summed E-state index contributed by atoms with van der Waals surface area (Å²) in [5.74, 6) is 0. The molecule has 0 saturated carbocycles. The first-order valence-electron chi connectivity index (χ1n) is 4.96. The fourth-order valence-electron chi connectivity index (χ4n) is 1.21. The smallest absolute Gasteiger partial charge is 0.414 e. The Morgan fingerprint density at radius 2 is 2.13 bits per heavy atom. The van der Waals surface area contributed by atoms with E-state index in [0.29, 0.717) is 5.70 Å². The Bertz CT molecular complexity index is 313. The molecule has 1 rings (SSSR count). The van der Waals surface area contributed by atoms with E-state index in [0.717, 1.165) is 0 Å². The molecule has 0 bridgehead atoms. The van der Waals surface area contributed by atoms with Gasteiger partial charge in [0.15, 0.2) is 0 Å². The minimum absolute atomic E-state index is 0.148. The monoisotopic (exact) mass is 210 g/mol. The van der Waals surface area contributed by atoms with Crippen molar-refractivity contribution in [2.45, 2.75) is 39.3 Å². The van der Waals surface area contributed by atoms with Crippen molar-refractivity contribution in [3.8, 4) is 0 Å². The molecule has 1 unspecified atom stereocenters. The molecule has 4 nitrogen and oxygen atoms in total. The van der Waals surface area contributed by atoms with Gasteiger partial charge in [0.2, 0.25) is 0 Å². The van der Waals surface area contributed by atoms with E-state index in [9.17, 15) is 4.79 Å². The third kappa shape index (κ3) is 3.01. The van der Waals surface area contributed by atoms with Crippen LogP contribution in [0.1, 0.15) is 27.7 Å². The Kier molecular flexibility index (Phi) is 3.07. The summed E-state index contributed by atoms with van der Waals surface area (Å²) in [7, 11) is 0. The fraction of sp³-hybridized carbons (Fsp3) is 0.545. The second kappa shape index (κ2) is 3.96. The summed E-state index contributed by atoms with van der Waals surface area (Å²) in [5.41, 5.74) is 5.90. The molecule has 0 radical (unpaired) electrons. The number of carbonyl (C=O) groups is 1. The molecule has 15 heavy (non-hydrogen) atoms. The van der Waals surface area contributed by atoms with E-state index in [1.54, 1.807) is 18.4 Å². The van der Waals surface area contributed by atoms with Gasteiger partial charge in [0.1, 0.15) is 5.60 Å². The largest absolute Gasteiger partial charge is 0.443 e. The minimum Gasteiger partial charge on any atom is -0.443 e. The molecule has 2 N–H and O–H groups in total. The van der Waals surface area contributed by atoms with Crippen molar-refractivity contribution in [2.75, 3.05) is 0 Å². The van der Waals surface area contributed by atoms with E-state index in [1.807, 2.05) is 27.7 Å². The minimum atomic E-state index is -0.486. The first kappa shape index (κ1) is 11.6. The predicted octanol–water partition coefficient (Wildman–Crippen LogP) is 1.98. The van der Waals surface area contributed by atoms with Crippen molar-refractivity contribution in [3.63, 3.8) is 0 Å². The SMILES string of the molecule is CC1C(N)=CC=CN1C(=O)OC(C)(C)C. The highest BCUT2D eigenvalue weighted by molar-refractivity contribution is 5.70. The number of hydrogen-bond acceptors (Lipinski definition) is 3. The van der Waals surface area contributed by atoms with Gasteiger partial charge in [-0.3, -0.25) is 4.90 Å². The third-order valence-corrected chi connectivity index (χ3v) is 2.04. The van der Waals surface area contributed by atoms with Gasteiger partial charge >= 0.3 is 6.09 Å². The molecule has 0 saturated heterocycles. The molecular weight excluding hydrogens is 192 g/mol. The summed E-state index contributed by atoms with van der Waals surface area (Å²) in [5, 5.41) is 0. The maximum Gasteiger partial charge on any atom is 0.414 e. The van der Waals surface area contributed by atoms with Crippen molar-refractivity contribution >= 4 is 6.09 Å². The molecule has 0 aromatic carbocycles. The van der Waals surface area contributed by atoms with Crippen LogP contribution in [0.3, 0.4) is 0 Å². The zero-order valence-corrected chi connectivity index (χ0v) is 9.65. The predicted molar refractivity (Wildman–Crippen MR) is 58.9 cm³/mol. The molecular formula is C11H18N2O2. The van der Waals surface area contributed by atoms with Crippen LogP contribution in [0.25, 0.3) is 0 Å². The highest BCUT2D eigenvalue weighted by Crippen LogP contribution is 2.17. The molecule has 1 aliphatic rings. The fourth-order valence-corrected chi connectivity index (χ4v) is 1.21. The van der Waals surface area contributed by atoms with E-state index >= 15 is 0 Å². The number of hydrogen-bond donors (Lipinski definition) is 1. The summed E-state index contributed by atoms with van der Waals surface area (Å²) in [4.78, 5) is 13.2. The molecule has 0 spiro atoms. The molecule has 0 fully saturated rings.